The van der Waals surface area contributed by atoms with Crippen molar-refractivity contribution in [2.45, 2.75) is 0 Å². The van der Waals surface area contributed by atoms with E-state index in [4.69, 9.17) is 0 Å². The van der Waals surface area contributed by atoms with E-state index in [2.05, 4.69) is 0 Å². The second-order valence-corrected chi connectivity index (χ2v) is 2.77. The minimum absolute atomic E-state index is 0. The molecule has 0 aliphatic heterocycles. The van der Waals surface area contributed by atoms with E-state index in [0.717, 1.165) is 10.9 Å². The third-order valence-corrected chi connectivity index (χ3v) is 2.02. The van der Waals surface area contributed by atoms with Crippen molar-refractivity contribution < 1.29 is 13.7 Å². The van der Waals surface area contributed by atoms with Gasteiger partial charge >= 0.3 is 5.95 Å². The zero-order chi connectivity index (χ0) is 8.55. The van der Waals surface area contributed by atoms with Crippen molar-refractivity contribution in [1.82, 2.24) is 0 Å². The number of hydrogen-bond donors (Lipinski definition) is 0. The van der Waals surface area contributed by atoms with E-state index in [9.17, 15) is 4.39 Å². The monoisotopic (exact) mass is 181 g/mol. The molecule has 0 aliphatic rings. The summed E-state index contributed by atoms with van der Waals surface area (Å²) in [5, 5.41) is 1.06. The molecule has 2 rings (SSSR count). The SMILES string of the molecule is C[n+]1c(F)ccc2ccccc21.[F-]. The van der Waals surface area contributed by atoms with Crippen LogP contribution in [0.4, 0.5) is 4.39 Å². The Morgan fingerprint density at radius 3 is 2.54 bits per heavy atom. The molecule has 0 atom stereocenters. The lowest BCUT2D eigenvalue weighted by atomic mass is 10.2. The molecule has 1 aromatic carbocycles. The zero-order valence-electron chi connectivity index (χ0n) is 7.17. The fourth-order valence-electron chi connectivity index (χ4n) is 1.32. The third-order valence-electron chi connectivity index (χ3n) is 2.02. The van der Waals surface area contributed by atoms with Gasteiger partial charge in [-0.15, -0.1) is 4.39 Å². The number of benzene rings is 1. The van der Waals surface area contributed by atoms with Gasteiger partial charge in [-0.05, 0) is 12.1 Å². The van der Waals surface area contributed by atoms with Gasteiger partial charge in [-0.25, -0.2) is 0 Å². The van der Waals surface area contributed by atoms with Gasteiger partial charge in [0, 0.05) is 17.5 Å². The van der Waals surface area contributed by atoms with Gasteiger partial charge in [-0.1, -0.05) is 12.1 Å². The van der Waals surface area contributed by atoms with Crippen LogP contribution in [0.25, 0.3) is 10.9 Å². The summed E-state index contributed by atoms with van der Waals surface area (Å²) in [6.07, 6.45) is 0. The van der Waals surface area contributed by atoms with Crippen molar-refractivity contribution in [2.75, 3.05) is 0 Å². The van der Waals surface area contributed by atoms with Gasteiger partial charge in [-0.2, -0.15) is 4.57 Å². The molecule has 0 aliphatic carbocycles. The van der Waals surface area contributed by atoms with Crippen LogP contribution in [0.1, 0.15) is 0 Å². The van der Waals surface area contributed by atoms with Crippen LogP contribution in [0.15, 0.2) is 36.4 Å². The maximum Gasteiger partial charge on any atom is 0.359 e. The summed E-state index contributed by atoms with van der Waals surface area (Å²) >= 11 is 0. The highest BCUT2D eigenvalue weighted by Crippen LogP contribution is 2.08. The summed E-state index contributed by atoms with van der Waals surface area (Å²) in [5.41, 5.74) is 0.914. The molecule has 2 aromatic rings. The molecule has 1 heterocycles. The molecule has 0 saturated carbocycles. The number of para-hydroxylation sites is 1. The molecular weight excluding hydrogens is 172 g/mol. The molecule has 1 nitrogen and oxygen atoms in total. The number of hydrogen-bond acceptors (Lipinski definition) is 0. The molecule has 0 radical (unpaired) electrons. The van der Waals surface area contributed by atoms with E-state index in [0.29, 0.717) is 0 Å². The number of pyridine rings is 1. The van der Waals surface area contributed by atoms with E-state index >= 15 is 0 Å². The first kappa shape index (κ1) is 9.58. The van der Waals surface area contributed by atoms with Crippen LogP contribution in [-0.2, 0) is 7.05 Å². The number of rotatable bonds is 0. The van der Waals surface area contributed by atoms with E-state index in [1.807, 2.05) is 24.3 Å². The number of fused-ring (bicyclic) bond motifs is 1. The van der Waals surface area contributed by atoms with Gasteiger partial charge < -0.3 is 4.70 Å². The summed E-state index contributed by atoms with van der Waals surface area (Å²) in [6.45, 7) is 0. The third kappa shape index (κ3) is 1.49. The molecule has 1 aromatic heterocycles. The highest BCUT2D eigenvalue weighted by Gasteiger charge is 2.08. The smallest absolute Gasteiger partial charge is 0.359 e. The van der Waals surface area contributed by atoms with Crippen LogP contribution < -0.4 is 9.27 Å². The van der Waals surface area contributed by atoms with Gasteiger partial charge in [0.25, 0.3) is 0 Å². The average molecular weight is 181 g/mol. The van der Waals surface area contributed by atoms with Crippen molar-refractivity contribution in [2.24, 2.45) is 7.05 Å². The summed E-state index contributed by atoms with van der Waals surface area (Å²) < 4.78 is 14.5. The van der Waals surface area contributed by atoms with Crippen LogP contribution in [0.2, 0.25) is 0 Å². The summed E-state index contributed by atoms with van der Waals surface area (Å²) in [5.74, 6) is -0.214. The first-order valence-corrected chi connectivity index (χ1v) is 3.82. The summed E-state index contributed by atoms with van der Waals surface area (Å²) in [6, 6.07) is 11.0. The van der Waals surface area contributed by atoms with Crippen molar-refractivity contribution in [3.05, 3.63) is 42.3 Å². The van der Waals surface area contributed by atoms with Crippen LogP contribution in [-0.4, -0.2) is 0 Å². The molecule has 0 amide bonds. The van der Waals surface area contributed by atoms with Gasteiger partial charge in [0.2, 0.25) is 5.52 Å². The second-order valence-electron chi connectivity index (χ2n) is 2.77. The largest absolute Gasteiger partial charge is 1.00 e. The summed E-state index contributed by atoms with van der Waals surface area (Å²) in [4.78, 5) is 0. The van der Waals surface area contributed by atoms with Crippen LogP contribution in [0.3, 0.4) is 0 Å². The Balaban J connectivity index is 0.000000845. The molecule has 68 valence electrons. The Hall–Kier alpha value is -1.51. The number of nitrogens with zero attached hydrogens (tertiary/aromatic N) is 1. The van der Waals surface area contributed by atoms with Gasteiger partial charge in [0.1, 0.15) is 7.05 Å². The molecule has 0 bridgehead atoms. The molecule has 0 spiro atoms. The van der Waals surface area contributed by atoms with Crippen LogP contribution >= 0.6 is 0 Å². The second kappa shape index (κ2) is 3.47. The van der Waals surface area contributed by atoms with Crippen molar-refractivity contribution in [3.8, 4) is 0 Å². The summed E-state index contributed by atoms with van der Waals surface area (Å²) in [7, 11) is 1.72. The number of aryl methyl sites for hydroxylation is 1. The average Bonchev–Trinajstić information content (AvgIpc) is 2.12. The molecular formula is C10H9F2N. The van der Waals surface area contributed by atoms with Crippen LogP contribution in [0.5, 0.6) is 0 Å². The van der Waals surface area contributed by atoms with E-state index in [1.165, 1.54) is 10.6 Å². The first-order valence-electron chi connectivity index (χ1n) is 3.82. The Kier molecular flexibility index (Phi) is 2.56. The Morgan fingerprint density at radius 1 is 1.08 bits per heavy atom. The van der Waals surface area contributed by atoms with E-state index < -0.39 is 0 Å². The fourth-order valence-corrected chi connectivity index (χ4v) is 1.32. The maximum absolute atomic E-state index is 13.0. The number of aromatic nitrogens is 1. The lowest BCUT2D eigenvalue weighted by Crippen LogP contribution is -3.00. The van der Waals surface area contributed by atoms with Crippen molar-refractivity contribution in [3.63, 3.8) is 0 Å². The highest BCUT2D eigenvalue weighted by atomic mass is 19.1. The zero-order valence-corrected chi connectivity index (χ0v) is 7.17. The standard InChI is InChI=1S/C10H9FN.FH/c1-12-9-5-3-2-4-8(9)6-7-10(12)11;/h2-7H,1H3;1H/q+1;/p-1. The lowest BCUT2D eigenvalue weighted by molar-refractivity contribution is -0.674. The predicted octanol–water partition coefficient (Wildman–Crippen LogP) is -1.19. The highest BCUT2D eigenvalue weighted by molar-refractivity contribution is 5.74. The Morgan fingerprint density at radius 2 is 1.77 bits per heavy atom. The molecule has 0 fully saturated rings. The van der Waals surface area contributed by atoms with E-state index in [-0.39, 0.29) is 10.7 Å². The molecule has 0 saturated heterocycles. The molecule has 0 unspecified atom stereocenters. The minimum Gasteiger partial charge on any atom is -1.00 e. The van der Waals surface area contributed by atoms with Crippen molar-refractivity contribution in [1.29, 1.82) is 0 Å². The van der Waals surface area contributed by atoms with E-state index in [1.54, 1.807) is 13.1 Å². The van der Waals surface area contributed by atoms with Gasteiger partial charge in [0.05, 0.1) is 0 Å². The molecule has 13 heavy (non-hydrogen) atoms. The van der Waals surface area contributed by atoms with Crippen LogP contribution in [0, 0.1) is 5.95 Å². The Bertz CT molecular complexity index is 426. The Labute approximate surface area is 74.8 Å². The topological polar surface area (TPSA) is 3.88 Å². The normalized spacial score (nSPS) is 9.69. The van der Waals surface area contributed by atoms with Crippen molar-refractivity contribution >= 4 is 10.9 Å². The maximum atomic E-state index is 13.0. The molecule has 3 heteroatoms. The van der Waals surface area contributed by atoms with Gasteiger partial charge in [0.15, 0.2) is 0 Å². The minimum atomic E-state index is -0.214. The fraction of sp³-hybridized carbons (Fsp3) is 0.100. The lowest BCUT2D eigenvalue weighted by Gasteiger charge is -1.95. The first-order chi connectivity index (χ1) is 5.79. The number of halogens is 2. The predicted molar refractivity (Wildman–Crippen MR) is 45.1 cm³/mol. The van der Waals surface area contributed by atoms with Gasteiger partial charge in [-0.3, -0.25) is 0 Å². The quantitative estimate of drug-likeness (QED) is 0.355. The molecule has 0 N–H and O–H groups in total.